The van der Waals surface area contributed by atoms with Crippen molar-refractivity contribution in [2.75, 3.05) is 11.5 Å². The molecule has 0 aromatic carbocycles. The maximum absolute atomic E-state index is 4.08. The van der Waals surface area contributed by atoms with Gasteiger partial charge < -0.3 is 0 Å². The summed E-state index contributed by atoms with van der Waals surface area (Å²) >= 11 is 3.28. The van der Waals surface area contributed by atoms with Crippen LogP contribution in [0.1, 0.15) is 0 Å². The van der Waals surface area contributed by atoms with Crippen molar-refractivity contribution >= 4 is 36.3 Å². The number of hydrazone groups is 2. The summed E-state index contributed by atoms with van der Waals surface area (Å²) in [7, 11) is 0. The average molecular weight is 174 g/mol. The van der Waals surface area contributed by atoms with Gasteiger partial charge in [-0.2, -0.15) is 10.2 Å². The highest BCUT2D eigenvalue weighted by Crippen LogP contribution is 2.26. The van der Waals surface area contributed by atoms with Crippen LogP contribution >= 0.6 is 23.9 Å². The summed E-state index contributed by atoms with van der Waals surface area (Å²) in [6.45, 7) is 0. The van der Waals surface area contributed by atoms with Crippen LogP contribution in [0.25, 0.3) is 0 Å². The SMILES string of the molecule is C1=NN(N2N=CCS2)SC1. The molecule has 0 N–H and O–H groups in total. The molecule has 0 aromatic rings. The van der Waals surface area contributed by atoms with Crippen molar-refractivity contribution in [1.82, 2.24) is 9.05 Å². The first-order chi connectivity index (χ1) is 4.97. The van der Waals surface area contributed by atoms with Crippen molar-refractivity contribution in [1.29, 1.82) is 0 Å². The molecule has 0 fully saturated rings. The second kappa shape index (κ2) is 2.71. The van der Waals surface area contributed by atoms with Gasteiger partial charge in [-0.3, -0.25) is 0 Å². The Balaban J connectivity index is 1.98. The first-order valence-electron chi connectivity index (χ1n) is 2.88. The van der Waals surface area contributed by atoms with E-state index in [2.05, 4.69) is 10.2 Å². The molecule has 0 aromatic heterocycles. The minimum Gasteiger partial charge on any atom is -0.155 e. The van der Waals surface area contributed by atoms with E-state index >= 15 is 0 Å². The van der Waals surface area contributed by atoms with E-state index < -0.39 is 0 Å². The standard InChI is InChI=1S/C4H6N4S2/c1-3-9-7(5-1)8-6-2-4-10-8/h1-2H,3-4H2. The van der Waals surface area contributed by atoms with Gasteiger partial charge in [-0.25, -0.2) is 0 Å². The van der Waals surface area contributed by atoms with Crippen LogP contribution in [-0.4, -0.2) is 33.0 Å². The Hall–Kier alpha value is -0.360. The molecule has 0 saturated heterocycles. The molecule has 0 spiro atoms. The van der Waals surface area contributed by atoms with Crippen molar-refractivity contribution in [2.45, 2.75) is 0 Å². The van der Waals surface area contributed by atoms with Gasteiger partial charge in [-0.1, -0.05) is 0 Å². The van der Waals surface area contributed by atoms with Gasteiger partial charge in [0.15, 0.2) is 0 Å². The molecule has 2 heterocycles. The first kappa shape index (κ1) is 6.36. The van der Waals surface area contributed by atoms with E-state index in [1.54, 1.807) is 32.9 Å². The Morgan fingerprint density at radius 1 is 1.00 bits per heavy atom. The van der Waals surface area contributed by atoms with Gasteiger partial charge in [0.25, 0.3) is 0 Å². The van der Waals surface area contributed by atoms with Crippen LogP contribution < -0.4 is 0 Å². The normalized spacial score (nSPS) is 23.2. The predicted octanol–water partition coefficient (Wildman–Crippen LogP) is 0.801. The number of nitrogens with zero attached hydrogens (tertiary/aromatic N) is 4. The molecule has 0 amide bonds. The van der Waals surface area contributed by atoms with Gasteiger partial charge in [-0.15, -0.1) is 9.05 Å². The third kappa shape index (κ3) is 1.08. The average Bonchev–Trinajstić information content (AvgIpc) is 2.59. The monoisotopic (exact) mass is 174 g/mol. The van der Waals surface area contributed by atoms with Crippen LogP contribution in [0, 0.1) is 0 Å². The lowest BCUT2D eigenvalue weighted by atomic mass is 10.9. The molecule has 0 atom stereocenters. The van der Waals surface area contributed by atoms with E-state index in [0.29, 0.717) is 0 Å². The molecule has 0 radical (unpaired) electrons. The van der Waals surface area contributed by atoms with Crippen LogP contribution in [0.4, 0.5) is 0 Å². The van der Waals surface area contributed by atoms with Crippen LogP contribution in [0.3, 0.4) is 0 Å². The Morgan fingerprint density at radius 2 is 1.50 bits per heavy atom. The predicted molar refractivity (Wildman–Crippen MR) is 45.6 cm³/mol. The van der Waals surface area contributed by atoms with Gasteiger partial charge in [0.05, 0.1) is 11.5 Å². The van der Waals surface area contributed by atoms with E-state index in [-0.39, 0.29) is 0 Å². The van der Waals surface area contributed by atoms with Crippen LogP contribution in [0.15, 0.2) is 10.2 Å². The quantitative estimate of drug-likeness (QED) is 0.550. The van der Waals surface area contributed by atoms with Crippen LogP contribution in [-0.2, 0) is 0 Å². The maximum Gasteiger partial charge on any atom is 0.0544 e. The summed E-state index contributed by atoms with van der Waals surface area (Å²) in [6.07, 6.45) is 3.75. The maximum atomic E-state index is 4.08. The molecule has 2 rings (SSSR count). The van der Waals surface area contributed by atoms with Crippen molar-refractivity contribution in [2.24, 2.45) is 10.2 Å². The molecule has 54 valence electrons. The minimum atomic E-state index is 0.951. The minimum absolute atomic E-state index is 0.951. The van der Waals surface area contributed by atoms with Crippen LogP contribution in [0.5, 0.6) is 0 Å². The smallest absolute Gasteiger partial charge is 0.0544 e. The molecule has 0 aliphatic carbocycles. The first-order valence-corrected chi connectivity index (χ1v) is 4.76. The fourth-order valence-electron chi connectivity index (χ4n) is 0.660. The molecule has 2 aliphatic heterocycles. The summed E-state index contributed by atoms with van der Waals surface area (Å²) in [4.78, 5) is 0. The van der Waals surface area contributed by atoms with E-state index in [0.717, 1.165) is 11.5 Å². The second-order valence-corrected chi connectivity index (χ2v) is 3.53. The summed E-state index contributed by atoms with van der Waals surface area (Å²) < 4.78 is 3.57. The lowest BCUT2D eigenvalue weighted by Crippen LogP contribution is -2.18. The summed E-state index contributed by atoms with van der Waals surface area (Å²) in [5.41, 5.74) is 0. The molecule has 10 heavy (non-hydrogen) atoms. The fourth-order valence-corrected chi connectivity index (χ4v) is 2.02. The third-order valence-corrected chi connectivity index (χ3v) is 2.70. The Morgan fingerprint density at radius 3 is 1.80 bits per heavy atom. The van der Waals surface area contributed by atoms with E-state index in [9.17, 15) is 0 Å². The Bertz CT molecular complexity index is 160. The topological polar surface area (TPSA) is 31.2 Å². The van der Waals surface area contributed by atoms with E-state index in [1.165, 1.54) is 0 Å². The molecule has 6 heteroatoms. The van der Waals surface area contributed by atoms with Gasteiger partial charge in [-0.05, 0) is 0 Å². The summed E-state index contributed by atoms with van der Waals surface area (Å²) in [5.74, 6) is 1.90. The van der Waals surface area contributed by atoms with Crippen molar-refractivity contribution in [3.63, 3.8) is 0 Å². The van der Waals surface area contributed by atoms with E-state index in [1.807, 2.05) is 12.4 Å². The molecule has 0 bridgehead atoms. The number of rotatable bonds is 1. The number of hydrogen-bond acceptors (Lipinski definition) is 6. The van der Waals surface area contributed by atoms with Crippen molar-refractivity contribution in [3.05, 3.63) is 0 Å². The Labute approximate surface area is 67.6 Å². The zero-order valence-corrected chi connectivity index (χ0v) is 6.81. The van der Waals surface area contributed by atoms with Gasteiger partial charge in [0, 0.05) is 36.3 Å². The number of hydrogen-bond donors (Lipinski definition) is 0. The zero-order valence-electron chi connectivity index (χ0n) is 5.17. The highest BCUT2D eigenvalue weighted by atomic mass is 32.2. The fraction of sp³-hybridized carbons (Fsp3) is 0.500. The lowest BCUT2D eigenvalue weighted by Gasteiger charge is -2.19. The third-order valence-electron chi connectivity index (χ3n) is 1.04. The van der Waals surface area contributed by atoms with Crippen molar-refractivity contribution in [3.8, 4) is 0 Å². The molecular formula is C4H6N4S2. The van der Waals surface area contributed by atoms with Gasteiger partial charge in [0.2, 0.25) is 0 Å². The van der Waals surface area contributed by atoms with E-state index in [4.69, 9.17) is 0 Å². The van der Waals surface area contributed by atoms with Crippen LogP contribution in [0.2, 0.25) is 0 Å². The lowest BCUT2D eigenvalue weighted by molar-refractivity contribution is 0.226. The molecule has 2 aliphatic rings. The van der Waals surface area contributed by atoms with Crippen molar-refractivity contribution < 1.29 is 0 Å². The molecule has 4 nitrogen and oxygen atoms in total. The largest absolute Gasteiger partial charge is 0.155 e. The number of hydrazine groups is 1. The summed E-state index contributed by atoms with van der Waals surface area (Å²) in [5, 5.41) is 8.16. The van der Waals surface area contributed by atoms with Gasteiger partial charge >= 0.3 is 0 Å². The summed E-state index contributed by atoms with van der Waals surface area (Å²) in [6, 6.07) is 0. The second-order valence-electron chi connectivity index (χ2n) is 1.69. The van der Waals surface area contributed by atoms with Gasteiger partial charge in [0.1, 0.15) is 0 Å². The zero-order chi connectivity index (χ0) is 6.81. The molecular weight excluding hydrogens is 168 g/mol. The Kier molecular flexibility index (Phi) is 1.72. The highest BCUT2D eigenvalue weighted by molar-refractivity contribution is 8.00. The molecule has 0 unspecified atom stereocenters. The highest BCUT2D eigenvalue weighted by Gasteiger charge is 2.17. The molecule has 0 saturated carbocycles.